The Hall–Kier alpha value is -1.64. The summed E-state index contributed by atoms with van der Waals surface area (Å²) in [6.07, 6.45) is 1.01. The normalized spacial score (nSPS) is 13.1. The Balaban J connectivity index is 2.10. The van der Waals surface area contributed by atoms with Crippen LogP contribution < -0.4 is 10.6 Å². The highest BCUT2D eigenvalue weighted by molar-refractivity contribution is 9.10. The second-order valence-corrected chi connectivity index (χ2v) is 7.99. The molecule has 8 heteroatoms. The van der Waals surface area contributed by atoms with Crippen LogP contribution in [0.3, 0.4) is 0 Å². The highest BCUT2D eigenvalue weighted by Crippen LogP contribution is 2.32. The van der Waals surface area contributed by atoms with Gasteiger partial charge in [0.15, 0.2) is 3.95 Å². The van der Waals surface area contributed by atoms with Crippen LogP contribution in [0.4, 0.5) is 0 Å². The maximum absolute atomic E-state index is 12.3. The third-order valence-electron chi connectivity index (χ3n) is 3.67. The van der Waals surface area contributed by atoms with Crippen molar-refractivity contribution in [2.24, 2.45) is 4.99 Å². The van der Waals surface area contributed by atoms with Crippen LogP contribution in [0, 0.1) is 3.95 Å². The summed E-state index contributed by atoms with van der Waals surface area (Å²) >= 11 is 9.88. The predicted octanol–water partition coefficient (Wildman–Crippen LogP) is 2.48. The first-order valence-corrected chi connectivity index (χ1v) is 9.25. The number of carbonyl (C=O) groups is 2. The van der Waals surface area contributed by atoms with E-state index >= 15 is 0 Å². The van der Waals surface area contributed by atoms with Gasteiger partial charge in [-0.05, 0) is 43.8 Å². The molecular formula is C16H13BrN2O3S2. The number of aromatic nitrogens is 1. The molecule has 1 aromatic carbocycles. The smallest absolute Gasteiger partial charge is 0.279 e. The summed E-state index contributed by atoms with van der Waals surface area (Å²) in [5.41, 5.74) is 0.366. The minimum Gasteiger partial charge on any atom is -0.493 e. The lowest BCUT2D eigenvalue weighted by molar-refractivity contribution is -0.117. The van der Waals surface area contributed by atoms with Gasteiger partial charge in [-0.2, -0.15) is 0 Å². The molecule has 0 radical (unpaired) electrons. The molecule has 0 spiro atoms. The van der Waals surface area contributed by atoms with E-state index in [1.54, 1.807) is 16.7 Å². The molecule has 2 heterocycles. The molecular weight excluding hydrogens is 412 g/mol. The number of Topliss-reactive ketones (excluding diaryl/α,β-unsaturated/α-hetero) is 1. The van der Waals surface area contributed by atoms with Gasteiger partial charge in [-0.3, -0.25) is 9.36 Å². The number of ketones is 1. The SMILES string of the molecule is CC(=O)CCCn1c(O)c(C2=c3cc(Br)ccc3=NC2=O)sc1=S. The zero-order chi connectivity index (χ0) is 17.4. The Labute approximate surface area is 155 Å². The number of hydrogen-bond acceptors (Lipinski definition) is 5. The predicted molar refractivity (Wildman–Crippen MR) is 97.2 cm³/mol. The summed E-state index contributed by atoms with van der Waals surface area (Å²) < 4.78 is 2.86. The molecule has 0 unspecified atom stereocenters. The molecule has 124 valence electrons. The Kier molecular flexibility index (Phi) is 4.80. The maximum atomic E-state index is 12.3. The lowest BCUT2D eigenvalue weighted by Crippen LogP contribution is -2.22. The first-order chi connectivity index (χ1) is 11.4. The maximum Gasteiger partial charge on any atom is 0.279 e. The number of amides is 1. The highest BCUT2D eigenvalue weighted by atomic mass is 79.9. The van der Waals surface area contributed by atoms with E-state index in [0.29, 0.717) is 44.4 Å². The molecule has 0 saturated heterocycles. The zero-order valence-corrected chi connectivity index (χ0v) is 15.9. The van der Waals surface area contributed by atoms with Crippen molar-refractivity contribution in [3.05, 3.63) is 42.1 Å². The number of aromatic hydroxyl groups is 1. The van der Waals surface area contributed by atoms with Gasteiger partial charge in [-0.25, -0.2) is 4.99 Å². The van der Waals surface area contributed by atoms with E-state index in [-0.39, 0.29) is 17.6 Å². The summed E-state index contributed by atoms with van der Waals surface area (Å²) in [7, 11) is 0. The molecule has 0 fully saturated rings. The van der Waals surface area contributed by atoms with Crippen LogP contribution in [0.5, 0.6) is 5.88 Å². The Morgan fingerprint density at radius 3 is 2.92 bits per heavy atom. The molecule has 1 amide bonds. The molecule has 3 rings (SSSR count). The number of nitrogens with zero attached hydrogens (tertiary/aromatic N) is 2. The van der Waals surface area contributed by atoms with Crippen molar-refractivity contribution in [3.8, 4) is 5.88 Å². The molecule has 5 nitrogen and oxygen atoms in total. The second kappa shape index (κ2) is 6.70. The average molecular weight is 425 g/mol. The van der Waals surface area contributed by atoms with Gasteiger partial charge in [-0.15, -0.1) is 11.3 Å². The number of benzene rings is 1. The molecule has 0 atom stereocenters. The summed E-state index contributed by atoms with van der Waals surface area (Å²) in [6.45, 7) is 1.96. The van der Waals surface area contributed by atoms with Gasteiger partial charge in [0.25, 0.3) is 5.91 Å². The molecule has 1 aromatic heterocycles. The van der Waals surface area contributed by atoms with Crippen molar-refractivity contribution < 1.29 is 14.7 Å². The fourth-order valence-corrected chi connectivity index (χ4v) is 4.30. The van der Waals surface area contributed by atoms with E-state index < -0.39 is 0 Å². The topological polar surface area (TPSA) is 71.7 Å². The molecule has 1 aliphatic rings. The zero-order valence-electron chi connectivity index (χ0n) is 12.7. The van der Waals surface area contributed by atoms with E-state index in [0.717, 1.165) is 4.47 Å². The lowest BCUT2D eigenvalue weighted by Gasteiger charge is -2.04. The van der Waals surface area contributed by atoms with Crippen LogP contribution in [-0.4, -0.2) is 21.4 Å². The van der Waals surface area contributed by atoms with Gasteiger partial charge in [0.2, 0.25) is 5.88 Å². The molecule has 0 aliphatic carbocycles. The molecule has 1 N–H and O–H groups in total. The van der Waals surface area contributed by atoms with Crippen molar-refractivity contribution in [3.63, 3.8) is 0 Å². The van der Waals surface area contributed by atoms with Crippen LogP contribution in [0.25, 0.3) is 5.57 Å². The van der Waals surface area contributed by atoms with E-state index in [1.807, 2.05) is 6.07 Å². The van der Waals surface area contributed by atoms with E-state index in [1.165, 1.54) is 18.3 Å². The first-order valence-electron chi connectivity index (χ1n) is 7.24. The number of hydrogen-bond donors (Lipinski definition) is 1. The lowest BCUT2D eigenvalue weighted by atomic mass is 10.1. The molecule has 2 aromatic rings. The van der Waals surface area contributed by atoms with Gasteiger partial charge in [0.1, 0.15) is 10.7 Å². The molecule has 1 aliphatic heterocycles. The van der Waals surface area contributed by atoms with Gasteiger partial charge in [-0.1, -0.05) is 15.9 Å². The Morgan fingerprint density at radius 2 is 2.21 bits per heavy atom. The van der Waals surface area contributed by atoms with Crippen LogP contribution in [-0.2, 0) is 16.1 Å². The molecule has 0 bridgehead atoms. The van der Waals surface area contributed by atoms with Crippen LogP contribution in [0.2, 0.25) is 0 Å². The average Bonchev–Trinajstić information content (AvgIpc) is 2.96. The van der Waals surface area contributed by atoms with E-state index in [2.05, 4.69) is 20.9 Å². The van der Waals surface area contributed by atoms with Crippen molar-refractivity contribution in [1.82, 2.24) is 4.57 Å². The van der Waals surface area contributed by atoms with Gasteiger partial charge in [0, 0.05) is 22.7 Å². The third kappa shape index (κ3) is 3.13. The first kappa shape index (κ1) is 17.2. The van der Waals surface area contributed by atoms with Crippen molar-refractivity contribution >= 4 is 56.7 Å². The van der Waals surface area contributed by atoms with E-state index in [4.69, 9.17) is 12.2 Å². The summed E-state index contributed by atoms with van der Waals surface area (Å²) in [5, 5.41) is 11.8. The van der Waals surface area contributed by atoms with Crippen LogP contribution in [0.1, 0.15) is 24.6 Å². The number of rotatable bonds is 5. The summed E-state index contributed by atoms with van der Waals surface area (Å²) in [5.74, 6) is -0.333. The fraction of sp³-hybridized carbons (Fsp3) is 0.250. The minimum atomic E-state index is -0.384. The Bertz CT molecular complexity index is 1040. The Morgan fingerprint density at radius 1 is 1.46 bits per heavy atom. The van der Waals surface area contributed by atoms with Crippen molar-refractivity contribution in [1.29, 1.82) is 0 Å². The van der Waals surface area contributed by atoms with Gasteiger partial charge < -0.3 is 9.90 Å². The van der Waals surface area contributed by atoms with Crippen LogP contribution in [0.15, 0.2) is 27.7 Å². The largest absolute Gasteiger partial charge is 0.493 e. The molecule has 24 heavy (non-hydrogen) atoms. The summed E-state index contributed by atoms with van der Waals surface area (Å²) in [6, 6.07) is 5.37. The van der Waals surface area contributed by atoms with Gasteiger partial charge >= 0.3 is 0 Å². The monoisotopic (exact) mass is 424 g/mol. The van der Waals surface area contributed by atoms with Crippen LogP contribution >= 0.6 is 39.5 Å². The number of thiazole rings is 1. The van der Waals surface area contributed by atoms with Gasteiger partial charge in [0.05, 0.1) is 10.9 Å². The highest BCUT2D eigenvalue weighted by Gasteiger charge is 2.25. The number of halogens is 1. The van der Waals surface area contributed by atoms with Crippen molar-refractivity contribution in [2.45, 2.75) is 26.3 Å². The third-order valence-corrected chi connectivity index (χ3v) is 5.62. The van der Waals surface area contributed by atoms with Crippen molar-refractivity contribution in [2.75, 3.05) is 0 Å². The minimum absolute atomic E-state index is 0.0417. The van der Waals surface area contributed by atoms with E-state index in [9.17, 15) is 14.7 Å². The number of fused-ring (bicyclic) bond motifs is 1. The number of carbonyl (C=O) groups excluding carboxylic acids is 2. The fourth-order valence-electron chi connectivity index (χ4n) is 2.55. The quantitative estimate of drug-likeness (QED) is 0.748. The standard InChI is InChI=1S/C16H13BrN2O3S2/c1-8(20)3-2-6-19-15(22)13(24-16(19)23)12-10-7-9(17)4-5-11(10)18-14(12)21/h4-5,7,22H,2-3,6H2,1H3. The summed E-state index contributed by atoms with van der Waals surface area (Å²) in [4.78, 5) is 27.8. The second-order valence-electron chi connectivity index (χ2n) is 5.43. The molecule has 0 saturated carbocycles.